The lowest BCUT2D eigenvalue weighted by molar-refractivity contribution is -0.196. The van der Waals surface area contributed by atoms with Crippen LogP contribution in [0.4, 0.5) is 10.1 Å². The fourth-order valence-corrected chi connectivity index (χ4v) is 9.88. The van der Waals surface area contributed by atoms with Crippen LogP contribution in [0.5, 0.6) is 0 Å². The Morgan fingerprint density at radius 1 is 1.20 bits per heavy atom. The van der Waals surface area contributed by atoms with Gasteiger partial charge in [-0.25, -0.2) is 9.38 Å². The zero-order valence-electron chi connectivity index (χ0n) is 26.3. The van der Waals surface area contributed by atoms with Crippen molar-refractivity contribution >= 4 is 40.2 Å². The van der Waals surface area contributed by atoms with Gasteiger partial charge in [0.2, 0.25) is 11.0 Å². The monoisotopic (exact) mass is 625 g/mol. The van der Waals surface area contributed by atoms with Crippen LogP contribution in [0, 0.1) is 34.4 Å². The number of aliphatic hydroxyl groups is 1. The van der Waals surface area contributed by atoms with Gasteiger partial charge in [0, 0.05) is 25.9 Å². The van der Waals surface area contributed by atoms with E-state index in [4.69, 9.17) is 15.5 Å². The van der Waals surface area contributed by atoms with Crippen molar-refractivity contribution in [3.8, 4) is 0 Å². The third-order valence-electron chi connectivity index (χ3n) is 11.0. The van der Waals surface area contributed by atoms with Gasteiger partial charge in [0.15, 0.2) is 5.60 Å². The van der Waals surface area contributed by atoms with Crippen molar-refractivity contribution in [3.63, 3.8) is 0 Å². The summed E-state index contributed by atoms with van der Waals surface area (Å²) in [5, 5.41) is 11.7. The second kappa shape index (κ2) is 12.1. The van der Waals surface area contributed by atoms with Crippen molar-refractivity contribution < 1.29 is 28.6 Å². The normalized spacial score (nSPS) is 36.2. The Hall–Kier alpha value is -2.98. The Morgan fingerprint density at radius 2 is 1.91 bits per heavy atom. The van der Waals surface area contributed by atoms with E-state index >= 15 is 0 Å². The van der Waals surface area contributed by atoms with E-state index in [0.717, 1.165) is 35.9 Å². The van der Waals surface area contributed by atoms with E-state index in [9.17, 15) is 23.9 Å². The van der Waals surface area contributed by atoms with Gasteiger partial charge in [0.25, 0.3) is 0 Å². The molecule has 0 spiro atoms. The number of carbonyl (C=O) groups is 3. The molecule has 5 rings (SSSR count). The molecule has 10 heteroatoms. The fraction of sp³-hybridized carbons (Fsp3) is 0.588. The number of aliphatic hydroxyl groups excluding tert-OH is 1. The second-order valence-electron chi connectivity index (χ2n) is 13.5. The van der Waals surface area contributed by atoms with Gasteiger partial charge in [-0.1, -0.05) is 38.1 Å². The minimum atomic E-state index is -1.41. The highest BCUT2D eigenvalue weighted by atomic mass is 32.2. The van der Waals surface area contributed by atoms with Crippen LogP contribution in [0.25, 0.3) is 0 Å². The quantitative estimate of drug-likeness (QED) is 0.410. The third-order valence-corrected chi connectivity index (χ3v) is 12.0. The number of benzene rings is 1. The second-order valence-corrected chi connectivity index (χ2v) is 14.5. The first-order valence-electron chi connectivity index (χ1n) is 15.5. The van der Waals surface area contributed by atoms with E-state index in [0.29, 0.717) is 31.4 Å². The standard InChI is InChI=1S/C34H44FN3O5S/c1-6-29(41)43-34(31(42)44-19-28(40)38(4)5)14-13-25-24-12-7-21-15-26(37-23-10-8-22(35)9-11-23)20(18-36)16-32(21,2)30(24)27(39)17-33(25,34)3/h8-11,15,18,24-25,27,30,39H,6-7,12-14,16-17,19,36H2,1-5H3/t24-,25?,27?,30?,32-,33-,34-/m0/s1. The third kappa shape index (κ3) is 5.31. The molecule has 0 bridgehead atoms. The van der Waals surface area contributed by atoms with Crippen LogP contribution in [-0.4, -0.2) is 64.3 Å². The SMILES string of the molecule is CCC(=O)O[C@]1(C(=O)SCC(=O)N(C)C)CCC2[C@@H]3CCC4=CC(=Nc5ccc(F)cc5)C(=CN)C[C@]4(C)C3C(O)C[C@@]21C. The van der Waals surface area contributed by atoms with Crippen LogP contribution in [0.2, 0.25) is 0 Å². The highest BCUT2D eigenvalue weighted by molar-refractivity contribution is 8.14. The van der Waals surface area contributed by atoms with Crippen LogP contribution in [0.1, 0.15) is 65.7 Å². The predicted octanol–water partition coefficient (Wildman–Crippen LogP) is 5.32. The summed E-state index contributed by atoms with van der Waals surface area (Å²) in [6, 6.07) is 6.04. The van der Waals surface area contributed by atoms with Crippen molar-refractivity contribution in [3.05, 3.63) is 53.5 Å². The van der Waals surface area contributed by atoms with Crippen molar-refractivity contribution in [2.75, 3.05) is 19.8 Å². The van der Waals surface area contributed by atoms with Gasteiger partial charge in [0.05, 0.1) is 23.3 Å². The lowest BCUT2D eigenvalue weighted by Crippen LogP contribution is -2.62. The molecule has 0 radical (unpaired) electrons. The average molecular weight is 626 g/mol. The summed E-state index contributed by atoms with van der Waals surface area (Å²) in [5.74, 6) is -0.927. The van der Waals surface area contributed by atoms with Gasteiger partial charge in [-0.05, 0) is 104 Å². The van der Waals surface area contributed by atoms with Crippen LogP contribution < -0.4 is 5.73 Å². The number of fused-ring (bicyclic) bond motifs is 5. The summed E-state index contributed by atoms with van der Waals surface area (Å²) in [5.41, 5.74) is 7.06. The van der Waals surface area contributed by atoms with Gasteiger partial charge >= 0.3 is 5.97 Å². The zero-order valence-corrected chi connectivity index (χ0v) is 27.1. The molecule has 7 atom stereocenters. The summed E-state index contributed by atoms with van der Waals surface area (Å²) < 4.78 is 19.6. The van der Waals surface area contributed by atoms with E-state index in [2.05, 4.69) is 13.0 Å². The Labute approximate surface area is 263 Å². The molecule has 0 saturated heterocycles. The topological polar surface area (TPSA) is 122 Å². The van der Waals surface area contributed by atoms with Gasteiger partial charge in [-0.3, -0.25) is 14.4 Å². The molecule has 3 N–H and O–H groups in total. The van der Waals surface area contributed by atoms with E-state index in [-0.39, 0.29) is 52.2 Å². The van der Waals surface area contributed by atoms with Crippen molar-refractivity contribution in [2.45, 2.75) is 77.4 Å². The van der Waals surface area contributed by atoms with Gasteiger partial charge in [-0.2, -0.15) is 0 Å². The number of thioether (sulfide) groups is 1. The fourth-order valence-electron chi connectivity index (χ4n) is 8.76. The molecule has 0 aliphatic heterocycles. The lowest BCUT2D eigenvalue weighted by Gasteiger charge is -2.60. The van der Waals surface area contributed by atoms with E-state index in [1.54, 1.807) is 39.4 Å². The minimum Gasteiger partial charge on any atom is -0.449 e. The molecule has 44 heavy (non-hydrogen) atoms. The number of ether oxygens (including phenoxy) is 1. The number of amides is 1. The maximum atomic E-state index is 14.0. The Kier molecular flexibility index (Phi) is 8.90. The molecular weight excluding hydrogens is 581 g/mol. The van der Waals surface area contributed by atoms with E-state index in [1.807, 2.05) is 6.92 Å². The maximum Gasteiger partial charge on any atom is 0.306 e. The number of halogens is 1. The van der Waals surface area contributed by atoms with Gasteiger partial charge in [-0.15, -0.1) is 0 Å². The first-order chi connectivity index (χ1) is 20.8. The predicted molar refractivity (Wildman–Crippen MR) is 170 cm³/mol. The van der Waals surface area contributed by atoms with Gasteiger partial charge < -0.3 is 20.5 Å². The van der Waals surface area contributed by atoms with E-state index < -0.39 is 23.1 Å². The number of nitrogens with zero attached hydrogens (tertiary/aromatic N) is 2. The lowest BCUT2D eigenvalue weighted by atomic mass is 9.45. The number of hydrogen-bond donors (Lipinski definition) is 2. The molecule has 1 aromatic rings. The summed E-state index contributed by atoms with van der Waals surface area (Å²) in [6.45, 7) is 5.91. The number of allylic oxidation sites excluding steroid dienone is 3. The molecule has 238 valence electrons. The average Bonchev–Trinajstić information content (AvgIpc) is 3.28. The molecule has 0 heterocycles. The number of nitrogens with two attached hydrogens (primary N) is 1. The van der Waals surface area contributed by atoms with Crippen LogP contribution in [0.3, 0.4) is 0 Å². The van der Waals surface area contributed by atoms with Crippen LogP contribution >= 0.6 is 11.8 Å². The smallest absolute Gasteiger partial charge is 0.306 e. The first-order valence-corrected chi connectivity index (χ1v) is 16.5. The van der Waals surface area contributed by atoms with Crippen molar-refractivity contribution in [2.24, 2.45) is 39.3 Å². The largest absolute Gasteiger partial charge is 0.449 e. The number of hydrogen-bond acceptors (Lipinski definition) is 8. The molecule has 4 aliphatic carbocycles. The minimum absolute atomic E-state index is 0.0329. The van der Waals surface area contributed by atoms with Crippen molar-refractivity contribution in [1.82, 2.24) is 4.90 Å². The molecule has 4 aliphatic rings. The Morgan fingerprint density at radius 3 is 2.55 bits per heavy atom. The van der Waals surface area contributed by atoms with Gasteiger partial charge in [0.1, 0.15) is 5.82 Å². The molecule has 3 fully saturated rings. The first kappa shape index (κ1) is 32.4. The summed E-state index contributed by atoms with van der Waals surface area (Å²) in [4.78, 5) is 45.4. The molecule has 1 aromatic carbocycles. The number of rotatable bonds is 6. The molecule has 8 nitrogen and oxygen atoms in total. The number of carbonyl (C=O) groups excluding carboxylic acids is 3. The molecule has 3 unspecified atom stereocenters. The summed E-state index contributed by atoms with van der Waals surface area (Å²) >= 11 is 0.915. The molecule has 3 saturated carbocycles. The molecule has 1 amide bonds. The molecular formula is C34H44FN3O5S. The number of esters is 1. The van der Waals surface area contributed by atoms with E-state index in [1.165, 1.54) is 22.6 Å². The molecule has 0 aromatic heterocycles. The summed E-state index contributed by atoms with van der Waals surface area (Å²) in [6.07, 6.45) is 6.68. The van der Waals surface area contributed by atoms with Crippen LogP contribution in [0.15, 0.2) is 52.7 Å². The van der Waals surface area contributed by atoms with Crippen molar-refractivity contribution in [1.29, 1.82) is 0 Å². The number of aliphatic imine (C=N–C) groups is 1. The Balaban J connectivity index is 1.49. The Bertz CT molecular complexity index is 1420. The maximum absolute atomic E-state index is 14.0. The highest BCUT2D eigenvalue weighted by Crippen LogP contribution is 2.69. The zero-order chi connectivity index (χ0) is 32.0. The highest BCUT2D eigenvalue weighted by Gasteiger charge is 2.70. The summed E-state index contributed by atoms with van der Waals surface area (Å²) in [7, 11) is 3.29. The van der Waals surface area contributed by atoms with Crippen LogP contribution in [-0.2, 0) is 19.1 Å².